The van der Waals surface area contributed by atoms with Crippen molar-refractivity contribution < 1.29 is 9.53 Å². The highest BCUT2D eigenvalue weighted by atomic mass is 16.5. The van der Waals surface area contributed by atoms with Crippen LogP contribution in [0.15, 0.2) is 60.8 Å². The van der Waals surface area contributed by atoms with E-state index in [-0.39, 0.29) is 17.9 Å². The van der Waals surface area contributed by atoms with E-state index in [1.54, 1.807) is 0 Å². The molecule has 3 aromatic rings. The number of aryl methyl sites for hydroxylation is 1. The molecule has 2 atom stereocenters. The molecular formula is C27H34N4O2. The lowest BCUT2D eigenvalue weighted by atomic mass is 9.86. The second-order valence-electron chi connectivity index (χ2n) is 9.05. The van der Waals surface area contributed by atoms with E-state index in [4.69, 9.17) is 4.74 Å². The average molecular weight is 447 g/mol. The van der Waals surface area contributed by atoms with Crippen LogP contribution in [0.5, 0.6) is 5.75 Å². The summed E-state index contributed by atoms with van der Waals surface area (Å²) in [6.45, 7) is 5.37. The minimum absolute atomic E-state index is 0.00888. The molecule has 0 saturated heterocycles. The van der Waals surface area contributed by atoms with Gasteiger partial charge in [0.2, 0.25) is 5.91 Å². The number of ether oxygens (including phenoxy) is 1. The Labute approximate surface area is 196 Å². The molecule has 0 radical (unpaired) electrons. The molecule has 4 rings (SSSR count). The predicted octanol–water partition coefficient (Wildman–Crippen LogP) is 5.07. The Kier molecular flexibility index (Phi) is 7.76. The number of aromatic nitrogens is 3. The highest BCUT2D eigenvalue weighted by Crippen LogP contribution is 2.28. The first-order chi connectivity index (χ1) is 16.1. The van der Waals surface area contributed by atoms with Gasteiger partial charge >= 0.3 is 0 Å². The lowest BCUT2D eigenvalue weighted by Gasteiger charge is -2.25. The zero-order valence-corrected chi connectivity index (χ0v) is 19.6. The molecule has 33 heavy (non-hydrogen) atoms. The molecule has 0 spiro atoms. The van der Waals surface area contributed by atoms with E-state index in [1.165, 1.54) is 19.3 Å². The van der Waals surface area contributed by atoms with Gasteiger partial charge in [0.15, 0.2) is 0 Å². The van der Waals surface area contributed by atoms with E-state index < -0.39 is 0 Å². The molecule has 0 unspecified atom stereocenters. The largest absolute Gasteiger partial charge is 0.493 e. The smallest absolute Gasteiger partial charge is 0.227 e. The predicted molar refractivity (Wildman–Crippen MR) is 129 cm³/mol. The van der Waals surface area contributed by atoms with Crippen LogP contribution in [0.1, 0.15) is 68.3 Å². The second-order valence-corrected chi connectivity index (χ2v) is 9.05. The minimum Gasteiger partial charge on any atom is -0.493 e. The number of carbonyl (C=O) groups is 1. The number of nitrogens with one attached hydrogen (secondary N) is 1. The summed E-state index contributed by atoms with van der Waals surface area (Å²) < 4.78 is 7.78. The molecule has 1 heterocycles. The molecule has 1 aliphatic rings. The van der Waals surface area contributed by atoms with Crippen LogP contribution in [0, 0.1) is 5.92 Å². The van der Waals surface area contributed by atoms with Crippen molar-refractivity contribution in [1.29, 1.82) is 0 Å². The molecule has 1 amide bonds. The number of hydrogen-bond donors (Lipinski definition) is 1. The number of nitrogens with zero attached hydrogens (tertiary/aromatic N) is 3. The van der Waals surface area contributed by atoms with Gasteiger partial charge in [-0.25, -0.2) is 4.68 Å². The van der Waals surface area contributed by atoms with Crippen molar-refractivity contribution >= 4 is 5.91 Å². The van der Waals surface area contributed by atoms with Gasteiger partial charge in [0.05, 0.1) is 30.8 Å². The van der Waals surface area contributed by atoms with Crippen molar-refractivity contribution in [3.05, 3.63) is 77.6 Å². The molecule has 1 aromatic heterocycles. The Morgan fingerprint density at radius 3 is 2.55 bits per heavy atom. The van der Waals surface area contributed by atoms with Crippen LogP contribution in [-0.4, -0.2) is 27.5 Å². The first-order valence-corrected chi connectivity index (χ1v) is 12.1. The number of carbonyl (C=O) groups excluding carboxylic acids is 1. The summed E-state index contributed by atoms with van der Waals surface area (Å²) in [6, 6.07) is 17.7. The van der Waals surface area contributed by atoms with Gasteiger partial charge in [0.25, 0.3) is 0 Å². The van der Waals surface area contributed by atoms with E-state index in [2.05, 4.69) is 22.6 Å². The SMILES string of the molecule is CCCc1cn(C[C@H](NC(=O)[C@@H](C)c2ccccc2)c2ccc(OCC3CCC3)cc2)nn1. The van der Waals surface area contributed by atoms with Crippen LogP contribution in [0.25, 0.3) is 0 Å². The van der Waals surface area contributed by atoms with Gasteiger partial charge < -0.3 is 10.1 Å². The van der Waals surface area contributed by atoms with Crippen molar-refractivity contribution in [2.75, 3.05) is 6.61 Å². The Balaban J connectivity index is 1.48. The summed E-state index contributed by atoms with van der Waals surface area (Å²) in [5.74, 6) is 1.32. The van der Waals surface area contributed by atoms with Crippen molar-refractivity contribution in [2.45, 2.75) is 64.5 Å². The third kappa shape index (κ3) is 6.21. The molecule has 1 saturated carbocycles. The fourth-order valence-corrected chi connectivity index (χ4v) is 4.08. The van der Waals surface area contributed by atoms with E-state index in [0.29, 0.717) is 12.5 Å². The Morgan fingerprint density at radius 2 is 1.88 bits per heavy atom. The maximum absolute atomic E-state index is 13.1. The molecule has 1 fully saturated rings. The van der Waals surface area contributed by atoms with Gasteiger partial charge in [-0.3, -0.25) is 4.79 Å². The summed E-state index contributed by atoms with van der Waals surface area (Å²) in [7, 11) is 0. The lowest BCUT2D eigenvalue weighted by molar-refractivity contribution is -0.123. The standard InChI is InChI=1S/C27H34N4O2/c1-3-8-24-17-31(30-29-24)18-26(28-27(32)20(2)22-11-5-4-6-12-22)23-13-15-25(16-14-23)33-19-21-9-7-10-21/h4-6,11-17,20-21,26H,3,7-10,18-19H2,1-2H3,(H,28,32)/t20-,26-/m0/s1. The van der Waals surface area contributed by atoms with Gasteiger partial charge in [-0.05, 0) is 55.4 Å². The molecule has 6 nitrogen and oxygen atoms in total. The number of amides is 1. The molecule has 2 aromatic carbocycles. The van der Waals surface area contributed by atoms with Crippen LogP contribution < -0.4 is 10.1 Å². The van der Waals surface area contributed by atoms with E-state index in [0.717, 1.165) is 42.0 Å². The van der Waals surface area contributed by atoms with Crippen LogP contribution in [0.4, 0.5) is 0 Å². The Morgan fingerprint density at radius 1 is 1.12 bits per heavy atom. The molecule has 174 valence electrons. The lowest BCUT2D eigenvalue weighted by Crippen LogP contribution is -2.34. The van der Waals surface area contributed by atoms with Gasteiger partial charge in [-0.1, -0.05) is 67.4 Å². The van der Waals surface area contributed by atoms with Gasteiger partial charge in [0.1, 0.15) is 5.75 Å². The second kappa shape index (κ2) is 11.1. The summed E-state index contributed by atoms with van der Waals surface area (Å²) in [4.78, 5) is 13.1. The van der Waals surface area contributed by atoms with Crippen LogP contribution in [0.2, 0.25) is 0 Å². The summed E-state index contributed by atoms with van der Waals surface area (Å²) in [5.41, 5.74) is 2.99. The molecule has 6 heteroatoms. The fraction of sp³-hybridized carbons (Fsp3) is 0.444. The van der Waals surface area contributed by atoms with E-state index >= 15 is 0 Å². The highest BCUT2D eigenvalue weighted by Gasteiger charge is 2.22. The quantitative estimate of drug-likeness (QED) is 0.446. The minimum atomic E-state index is -0.245. The number of rotatable bonds is 11. The molecule has 0 bridgehead atoms. The number of hydrogen-bond acceptors (Lipinski definition) is 4. The zero-order valence-electron chi connectivity index (χ0n) is 19.6. The molecule has 0 aliphatic heterocycles. The average Bonchev–Trinajstić information content (AvgIpc) is 3.25. The fourth-order valence-electron chi connectivity index (χ4n) is 4.08. The first kappa shape index (κ1) is 23.0. The maximum Gasteiger partial charge on any atom is 0.227 e. The highest BCUT2D eigenvalue weighted by molar-refractivity contribution is 5.83. The first-order valence-electron chi connectivity index (χ1n) is 12.1. The summed E-state index contributed by atoms with van der Waals surface area (Å²) in [5, 5.41) is 11.8. The summed E-state index contributed by atoms with van der Waals surface area (Å²) in [6.07, 6.45) is 7.75. The Bertz CT molecular complexity index is 1010. The van der Waals surface area contributed by atoms with Gasteiger partial charge in [-0.15, -0.1) is 5.10 Å². The van der Waals surface area contributed by atoms with Crippen molar-refractivity contribution in [3.8, 4) is 5.75 Å². The van der Waals surface area contributed by atoms with Gasteiger partial charge in [0, 0.05) is 6.20 Å². The van der Waals surface area contributed by atoms with Gasteiger partial charge in [-0.2, -0.15) is 0 Å². The third-order valence-electron chi connectivity index (χ3n) is 6.46. The molecular weight excluding hydrogens is 412 g/mol. The van der Waals surface area contributed by atoms with E-state index in [9.17, 15) is 4.79 Å². The maximum atomic E-state index is 13.1. The Hall–Kier alpha value is -3.15. The monoisotopic (exact) mass is 446 g/mol. The molecule has 1 N–H and O–H groups in total. The van der Waals surface area contributed by atoms with Crippen LogP contribution in [0.3, 0.4) is 0 Å². The topological polar surface area (TPSA) is 69.0 Å². The van der Waals surface area contributed by atoms with Crippen LogP contribution in [-0.2, 0) is 17.8 Å². The van der Waals surface area contributed by atoms with Crippen molar-refractivity contribution in [1.82, 2.24) is 20.3 Å². The zero-order chi connectivity index (χ0) is 23.0. The number of benzene rings is 2. The van der Waals surface area contributed by atoms with Crippen molar-refractivity contribution in [3.63, 3.8) is 0 Å². The van der Waals surface area contributed by atoms with E-state index in [1.807, 2.05) is 72.4 Å². The van der Waals surface area contributed by atoms with Crippen LogP contribution >= 0.6 is 0 Å². The van der Waals surface area contributed by atoms with Crippen molar-refractivity contribution in [2.24, 2.45) is 5.92 Å². The molecule has 1 aliphatic carbocycles. The normalized spacial score (nSPS) is 15.5. The third-order valence-corrected chi connectivity index (χ3v) is 6.46. The summed E-state index contributed by atoms with van der Waals surface area (Å²) >= 11 is 0.